The fourth-order valence-electron chi connectivity index (χ4n) is 4.11. The van der Waals surface area contributed by atoms with E-state index in [0.29, 0.717) is 0 Å². The van der Waals surface area contributed by atoms with Gasteiger partial charge >= 0.3 is 0 Å². The molecule has 5 heteroatoms. The summed E-state index contributed by atoms with van der Waals surface area (Å²) in [5.74, 6) is -1.67. The van der Waals surface area contributed by atoms with Crippen molar-refractivity contribution in [1.82, 2.24) is 0 Å². The van der Waals surface area contributed by atoms with Crippen LogP contribution in [0.2, 0.25) is 0 Å². The maximum Gasteiger partial charge on any atom is 0.300 e. The smallest absolute Gasteiger partial charge is 0.300 e. The summed E-state index contributed by atoms with van der Waals surface area (Å²) in [7, 11) is 0. The Morgan fingerprint density at radius 3 is 0.714 bits per heavy atom. The van der Waals surface area contributed by atoms with Crippen LogP contribution in [0.25, 0.3) is 0 Å². The van der Waals surface area contributed by atoms with Gasteiger partial charge in [0.25, 0.3) is 11.9 Å². The lowest BCUT2D eigenvalue weighted by atomic mass is 10.0. The number of hydrogen-bond donors (Lipinski definition) is 3. The number of nitrogens with two attached hydrogens (primary N) is 1. The van der Waals surface area contributed by atoms with E-state index in [9.17, 15) is 0 Å². The number of rotatable bonds is 24. The van der Waals surface area contributed by atoms with Crippen LogP contribution in [0.15, 0.2) is 0 Å². The van der Waals surface area contributed by atoms with Crippen LogP contribution >= 0.6 is 0 Å². The lowest BCUT2D eigenvalue weighted by molar-refractivity contribution is -0.135. The van der Waals surface area contributed by atoms with Crippen molar-refractivity contribution in [1.29, 1.82) is 0 Å². The van der Waals surface area contributed by atoms with Gasteiger partial charge in [-0.3, -0.25) is 9.59 Å². The van der Waals surface area contributed by atoms with Gasteiger partial charge < -0.3 is 15.9 Å². The van der Waals surface area contributed by atoms with Gasteiger partial charge in [-0.05, 0) is 13.0 Å². The first kappa shape index (κ1) is 38.4. The second-order valence-corrected chi connectivity index (χ2v) is 9.96. The Hall–Kier alpha value is -1.10. The number of carbonyl (C=O) groups is 2. The monoisotopic (exact) mass is 501 g/mol. The van der Waals surface area contributed by atoms with E-state index < -0.39 is 11.9 Å². The van der Waals surface area contributed by atoms with E-state index in [2.05, 4.69) is 6.92 Å². The maximum atomic E-state index is 9.00. The van der Waals surface area contributed by atoms with Crippen LogP contribution in [0.5, 0.6) is 0 Å². The molecule has 0 saturated heterocycles. The molecule has 0 aromatic rings. The van der Waals surface area contributed by atoms with E-state index in [1.807, 2.05) is 0 Å². The predicted octanol–water partition coefficient (Wildman–Crippen LogP) is 9.51. The van der Waals surface area contributed by atoms with Gasteiger partial charge in [0.15, 0.2) is 0 Å². The Morgan fingerprint density at radius 1 is 0.429 bits per heavy atom. The molecule has 0 saturated carbocycles. The standard InChI is InChI=1S/C26H55N.2C2H4O2/c1-2-3-4-5-6-7-8-9-10-11-12-13-14-15-16-17-18-19-20-21-22-23-24-25-26-27;2*1-2(3)4/h2-27H2,1H3;2*1H3,(H,3,4). The molecular formula is C30H63NO4. The first-order valence-corrected chi connectivity index (χ1v) is 15.0. The molecule has 0 heterocycles. The molecule has 0 rings (SSSR count). The molecule has 0 aliphatic heterocycles. The summed E-state index contributed by atoms with van der Waals surface area (Å²) in [5.41, 5.74) is 5.52. The van der Waals surface area contributed by atoms with Crippen molar-refractivity contribution >= 4 is 11.9 Å². The number of unbranched alkanes of at least 4 members (excludes halogenated alkanes) is 23. The molecule has 0 amide bonds. The van der Waals surface area contributed by atoms with Crippen molar-refractivity contribution in [3.63, 3.8) is 0 Å². The predicted molar refractivity (Wildman–Crippen MR) is 152 cm³/mol. The molecular weight excluding hydrogens is 438 g/mol. The number of carboxylic acid groups (broad SMARTS) is 2. The maximum absolute atomic E-state index is 9.00. The highest BCUT2D eigenvalue weighted by molar-refractivity contribution is 5.63. The minimum absolute atomic E-state index is 0.833. The Bertz CT molecular complexity index is 358. The fourth-order valence-corrected chi connectivity index (χ4v) is 4.11. The molecule has 0 aliphatic carbocycles. The third-order valence-corrected chi connectivity index (χ3v) is 6.06. The zero-order valence-electron chi connectivity index (χ0n) is 24.0. The SMILES string of the molecule is CC(=O)O.CC(=O)O.CCCCCCCCCCCCCCCCCCCCCCCCCCN. The van der Waals surface area contributed by atoms with Crippen LogP contribution < -0.4 is 5.73 Å². The highest BCUT2D eigenvalue weighted by Gasteiger charge is 1.95. The molecule has 0 unspecified atom stereocenters. The molecule has 212 valence electrons. The molecule has 35 heavy (non-hydrogen) atoms. The molecule has 0 spiro atoms. The first-order chi connectivity index (χ1) is 16.9. The molecule has 0 aromatic carbocycles. The lowest BCUT2D eigenvalue weighted by Crippen LogP contribution is -1.97. The average molecular weight is 502 g/mol. The summed E-state index contributed by atoms with van der Waals surface area (Å²) in [4.78, 5) is 18.0. The van der Waals surface area contributed by atoms with Crippen molar-refractivity contribution in [2.24, 2.45) is 5.73 Å². The van der Waals surface area contributed by atoms with Gasteiger partial charge in [0.1, 0.15) is 0 Å². The first-order valence-electron chi connectivity index (χ1n) is 15.0. The fraction of sp³-hybridized carbons (Fsp3) is 0.933. The Labute approximate surface area is 219 Å². The summed E-state index contributed by atoms with van der Waals surface area (Å²) in [6.07, 6.45) is 34.8. The zero-order chi connectivity index (χ0) is 26.8. The van der Waals surface area contributed by atoms with Crippen molar-refractivity contribution < 1.29 is 19.8 Å². The van der Waals surface area contributed by atoms with Crippen LogP contribution in [0, 0.1) is 0 Å². The topological polar surface area (TPSA) is 101 Å². The van der Waals surface area contributed by atoms with E-state index in [4.69, 9.17) is 25.5 Å². The van der Waals surface area contributed by atoms with Gasteiger partial charge in [-0.1, -0.05) is 155 Å². The number of hydrogen-bond acceptors (Lipinski definition) is 3. The minimum atomic E-state index is -0.833. The summed E-state index contributed by atoms with van der Waals surface area (Å²) in [6.45, 7) is 5.34. The van der Waals surface area contributed by atoms with Crippen LogP contribution in [0.3, 0.4) is 0 Å². The van der Waals surface area contributed by atoms with Crippen LogP contribution in [-0.2, 0) is 9.59 Å². The normalized spacial score (nSPS) is 10.2. The number of aliphatic carboxylic acids is 2. The van der Waals surface area contributed by atoms with Gasteiger partial charge in [-0.2, -0.15) is 0 Å². The third-order valence-electron chi connectivity index (χ3n) is 6.06. The van der Waals surface area contributed by atoms with Crippen molar-refractivity contribution in [3.8, 4) is 0 Å². The Kier molecular flexibility index (Phi) is 41.1. The van der Waals surface area contributed by atoms with Gasteiger partial charge in [0.05, 0.1) is 0 Å². The van der Waals surface area contributed by atoms with E-state index in [1.165, 1.54) is 154 Å². The summed E-state index contributed by atoms with van der Waals surface area (Å²) < 4.78 is 0. The minimum Gasteiger partial charge on any atom is -0.481 e. The van der Waals surface area contributed by atoms with E-state index in [-0.39, 0.29) is 0 Å². The third kappa shape index (κ3) is 59.9. The van der Waals surface area contributed by atoms with Gasteiger partial charge in [-0.15, -0.1) is 0 Å². The molecule has 0 fully saturated rings. The van der Waals surface area contributed by atoms with E-state index in [0.717, 1.165) is 20.4 Å². The quantitative estimate of drug-likeness (QED) is 0.114. The highest BCUT2D eigenvalue weighted by Crippen LogP contribution is 2.15. The van der Waals surface area contributed by atoms with Crippen molar-refractivity contribution in [2.75, 3.05) is 6.54 Å². The summed E-state index contributed by atoms with van der Waals surface area (Å²) in [5, 5.41) is 14.8. The van der Waals surface area contributed by atoms with Crippen molar-refractivity contribution in [2.45, 2.75) is 175 Å². The molecule has 0 atom stereocenters. The molecule has 0 aliphatic rings. The molecule has 0 aromatic heterocycles. The van der Waals surface area contributed by atoms with Gasteiger partial charge in [-0.25, -0.2) is 0 Å². The second-order valence-electron chi connectivity index (χ2n) is 9.96. The van der Waals surface area contributed by atoms with E-state index >= 15 is 0 Å². The average Bonchev–Trinajstić information content (AvgIpc) is 2.79. The summed E-state index contributed by atoms with van der Waals surface area (Å²) >= 11 is 0. The van der Waals surface area contributed by atoms with Crippen LogP contribution in [0.1, 0.15) is 175 Å². The van der Waals surface area contributed by atoms with Crippen LogP contribution in [-0.4, -0.2) is 28.7 Å². The zero-order valence-corrected chi connectivity index (χ0v) is 24.0. The Balaban J connectivity index is -0.00000110. The van der Waals surface area contributed by atoms with Gasteiger partial charge in [0, 0.05) is 13.8 Å². The molecule has 4 N–H and O–H groups in total. The Morgan fingerprint density at radius 2 is 0.571 bits per heavy atom. The van der Waals surface area contributed by atoms with Gasteiger partial charge in [0.2, 0.25) is 0 Å². The second kappa shape index (κ2) is 37.4. The highest BCUT2D eigenvalue weighted by atomic mass is 16.4. The molecule has 5 nitrogen and oxygen atoms in total. The molecule has 0 bridgehead atoms. The largest absolute Gasteiger partial charge is 0.481 e. The lowest BCUT2D eigenvalue weighted by Gasteiger charge is -2.04. The summed E-state index contributed by atoms with van der Waals surface area (Å²) in [6, 6.07) is 0. The van der Waals surface area contributed by atoms with Crippen LogP contribution in [0.4, 0.5) is 0 Å². The number of carboxylic acids is 2. The van der Waals surface area contributed by atoms with E-state index in [1.54, 1.807) is 0 Å². The molecule has 0 radical (unpaired) electrons. The van der Waals surface area contributed by atoms with Crippen molar-refractivity contribution in [3.05, 3.63) is 0 Å².